The van der Waals surface area contributed by atoms with Crippen LogP contribution in [0.15, 0.2) is 34.3 Å². The number of phenolic OH excluding ortho intramolecular Hbond substituents is 1. The number of nitrogens with zero attached hydrogens (tertiary/aromatic N) is 2. The van der Waals surface area contributed by atoms with E-state index in [-0.39, 0.29) is 75.2 Å². The van der Waals surface area contributed by atoms with Gasteiger partial charge in [0, 0.05) is 25.9 Å². The molecule has 0 spiro atoms. The fourth-order valence-electron chi connectivity index (χ4n) is 6.49. The third-order valence-electron chi connectivity index (χ3n) is 10.4. The van der Waals surface area contributed by atoms with Gasteiger partial charge < -0.3 is 82.2 Å². The fourth-order valence-corrected chi connectivity index (χ4v) is 6.49. The predicted octanol–water partition coefficient (Wildman–Crippen LogP) is -4.50. The van der Waals surface area contributed by atoms with Gasteiger partial charge in [-0.3, -0.25) is 48.3 Å². The number of aliphatic hydroxyl groups excluding tert-OH is 1. The van der Waals surface area contributed by atoms with Crippen LogP contribution in [0.4, 0.5) is 0 Å². The summed E-state index contributed by atoms with van der Waals surface area (Å²) in [5.41, 5.74) is 39.4. The number of phenols is 1. The van der Waals surface area contributed by atoms with Gasteiger partial charge in [0.05, 0.1) is 12.1 Å². The summed E-state index contributed by atoms with van der Waals surface area (Å²) in [7, 11) is 0. The van der Waals surface area contributed by atoms with E-state index in [2.05, 4.69) is 41.9 Å². The average Bonchev–Trinajstić information content (AvgIpc) is 3.24. The second-order valence-corrected chi connectivity index (χ2v) is 16.8. The van der Waals surface area contributed by atoms with Crippen LogP contribution in [0.5, 0.6) is 5.75 Å². The van der Waals surface area contributed by atoms with Crippen molar-refractivity contribution in [2.45, 2.75) is 141 Å². The van der Waals surface area contributed by atoms with Gasteiger partial charge in [-0.2, -0.15) is 0 Å². The van der Waals surface area contributed by atoms with Crippen LogP contribution in [0.3, 0.4) is 0 Å². The summed E-state index contributed by atoms with van der Waals surface area (Å²) >= 11 is 0. The van der Waals surface area contributed by atoms with E-state index >= 15 is 0 Å². The van der Waals surface area contributed by atoms with E-state index in [1.807, 2.05) is 13.8 Å². The van der Waals surface area contributed by atoms with Gasteiger partial charge in [-0.05, 0) is 75.0 Å². The number of aliphatic hydroxyl groups is 1. The maximum Gasteiger partial charge on any atom is 0.245 e. The van der Waals surface area contributed by atoms with E-state index in [4.69, 9.17) is 40.1 Å². The number of carbonyl (C=O) groups is 8. The zero-order chi connectivity index (χ0) is 51.0. The molecule has 0 saturated carbocycles. The van der Waals surface area contributed by atoms with Crippen molar-refractivity contribution < 1.29 is 48.6 Å². The van der Waals surface area contributed by atoms with Crippen molar-refractivity contribution in [1.29, 1.82) is 0 Å². The maximum absolute atomic E-state index is 14.1. The molecule has 0 unspecified atom stereocenters. The first-order valence-corrected chi connectivity index (χ1v) is 22.1. The number of amides is 8. The third kappa shape index (κ3) is 22.8. The Morgan fingerprint density at radius 2 is 1.03 bits per heavy atom. The number of hydrogen-bond donors (Lipinski definition) is 15. The van der Waals surface area contributed by atoms with Crippen molar-refractivity contribution in [2.24, 2.45) is 62.0 Å². The lowest BCUT2D eigenvalue weighted by atomic mass is 9.96. The molecule has 25 heteroatoms. The number of benzene rings is 1. The minimum absolute atomic E-state index is 0.00490. The van der Waals surface area contributed by atoms with Crippen LogP contribution in [-0.2, 0) is 44.8 Å². The number of guanidine groups is 2. The zero-order valence-electron chi connectivity index (χ0n) is 39.0. The molecule has 1 rings (SSSR count). The summed E-state index contributed by atoms with van der Waals surface area (Å²) in [6.45, 7) is 8.51. The molecule has 8 amide bonds. The smallest absolute Gasteiger partial charge is 0.245 e. The van der Waals surface area contributed by atoms with E-state index in [1.165, 1.54) is 31.2 Å². The van der Waals surface area contributed by atoms with Crippen LogP contribution in [0.25, 0.3) is 0 Å². The minimum Gasteiger partial charge on any atom is -0.508 e. The van der Waals surface area contributed by atoms with E-state index in [0.29, 0.717) is 18.4 Å². The molecule has 0 aliphatic carbocycles. The van der Waals surface area contributed by atoms with Crippen LogP contribution in [-0.4, -0.2) is 131 Å². The molecule has 1 aromatic rings. The maximum atomic E-state index is 14.1. The molecule has 0 heterocycles. The highest BCUT2D eigenvalue weighted by molar-refractivity contribution is 5.97. The van der Waals surface area contributed by atoms with Gasteiger partial charge in [-0.15, -0.1) is 0 Å². The highest BCUT2D eigenvalue weighted by atomic mass is 16.3. The van der Waals surface area contributed by atoms with E-state index < -0.39 is 108 Å². The summed E-state index contributed by atoms with van der Waals surface area (Å²) < 4.78 is 0. The third-order valence-corrected chi connectivity index (χ3v) is 10.4. The van der Waals surface area contributed by atoms with Crippen molar-refractivity contribution >= 4 is 59.2 Å². The van der Waals surface area contributed by atoms with Gasteiger partial charge in [-0.1, -0.05) is 46.2 Å². The lowest BCUT2D eigenvalue weighted by Gasteiger charge is -2.30. The van der Waals surface area contributed by atoms with E-state index in [1.54, 1.807) is 13.8 Å². The SMILES string of the molecule is CC[C@H](C)[C@H](NC(=O)[C@@H](N)CC(C)C)C(=O)N[C@H](C(=O)N[C@@H](CCCN=C(N)N)C(=O)N[C@@H](CCC(N)=O)C(=O)N[C@@H](CCCN=C(N)N)C(=O)N[C@@H](Cc1ccc(O)cc1)C(N)=O)[C@@H](C)O. The topological polar surface area (TPSA) is 456 Å². The van der Waals surface area contributed by atoms with Crippen molar-refractivity contribution in [2.75, 3.05) is 13.1 Å². The number of hydrogen-bond acceptors (Lipinski definition) is 13. The number of aliphatic imine (C=N–C) groups is 2. The molecule has 376 valence electrons. The largest absolute Gasteiger partial charge is 0.508 e. The highest BCUT2D eigenvalue weighted by Crippen LogP contribution is 2.14. The minimum atomic E-state index is -1.67. The van der Waals surface area contributed by atoms with Crippen LogP contribution in [0.2, 0.25) is 0 Å². The molecule has 0 aliphatic rings. The number of nitrogens with two attached hydrogens (primary N) is 7. The van der Waals surface area contributed by atoms with E-state index in [0.717, 1.165) is 0 Å². The second-order valence-electron chi connectivity index (χ2n) is 16.8. The zero-order valence-corrected chi connectivity index (χ0v) is 39.0. The van der Waals surface area contributed by atoms with Crippen LogP contribution >= 0.6 is 0 Å². The second kappa shape index (κ2) is 29.7. The molecular weight excluding hydrogens is 875 g/mol. The number of nitrogens with one attached hydrogen (secondary N) is 6. The standard InChI is InChI=1S/C42H73N15O10/c1-6-22(4)32(56-35(62)26(43)19-21(2)3)39(66)57-33(23(5)58)40(67)54-28(10-8-18-51-42(48)49)36(63)53-29(15-16-31(44)60)38(65)52-27(9-7-17-50-41(46)47)37(64)55-30(34(45)61)20-24-11-13-25(59)14-12-24/h11-14,21-23,26-30,32-33,58-59H,6-10,15-20,43H2,1-5H3,(H2,44,60)(H2,45,61)(H,52,65)(H,53,63)(H,54,67)(H,55,64)(H,56,62)(H,57,66)(H4,46,47,50)(H4,48,49,51)/t22-,23+,26-,27-,28-,29-,30-,32-,33-/m0/s1. The van der Waals surface area contributed by atoms with Crippen molar-refractivity contribution in [3.8, 4) is 5.75 Å². The van der Waals surface area contributed by atoms with Crippen molar-refractivity contribution in [1.82, 2.24) is 31.9 Å². The molecule has 9 atom stereocenters. The van der Waals surface area contributed by atoms with Gasteiger partial charge in [0.15, 0.2) is 11.9 Å². The summed E-state index contributed by atoms with van der Waals surface area (Å²) in [5, 5.41) is 35.6. The summed E-state index contributed by atoms with van der Waals surface area (Å²) in [5.74, 6) is -7.85. The Morgan fingerprint density at radius 1 is 0.597 bits per heavy atom. The number of primary amides is 2. The molecule has 0 bridgehead atoms. The number of rotatable bonds is 31. The molecule has 67 heavy (non-hydrogen) atoms. The lowest BCUT2D eigenvalue weighted by molar-refractivity contribution is -0.137. The van der Waals surface area contributed by atoms with Gasteiger partial charge in [-0.25, -0.2) is 0 Å². The number of carbonyl (C=O) groups excluding carboxylic acids is 8. The monoisotopic (exact) mass is 948 g/mol. The molecule has 0 fully saturated rings. The van der Waals surface area contributed by atoms with Crippen LogP contribution in [0.1, 0.15) is 91.5 Å². The first kappa shape index (κ1) is 58.3. The Kier molecular flexibility index (Phi) is 25.8. The first-order valence-electron chi connectivity index (χ1n) is 22.1. The van der Waals surface area contributed by atoms with Gasteiger partial charge >= 0.3 is 0 Å². The highest BCUT2D eigenvalue weighted by Gasteiger charge is 2.36. The normalized spacial score (nSPS) is 15.0. The van der Waals surface area contributed by atoms with Gasteiger partial charge in [0.1, 0.15) is 42.0 Å². The molecular formula is C42H73N15O10. The Bertz CT molecular complexity index is 1870. The van der Waals surface area contributed by atoms with Crippen molar-refractivity contribution in [3.63, 3.8) is 0 Å². The Balaban J connectivity index is 3.51. The van der Waals surface area contributed by atoms with Gasteiger partial charge in [0.25, 0.3) is 0 Å². The molecule has 22 N–H and O–H groups in total. The molecule has 0 saturated heterocycles. The quantitative estimate of drug-likeness (QED) is 0.0190. The summed E-state index contributed by atoms with van der Waals surface area (Å²) in [6, 6.07) is -3.67. The fraction of sp³-hybridized carbons (Fsp3) is 0.619. The van der Waals surface area contributed by atoms with E-state index in [9.17, 15) is 48.6 Å². The average molecular weight is 948 g/mol. The van der Waals surface area contributed by atoms with Crippen molar-refractivity contribution in [3.05, 3.63) is 29.8 Å². The molecule has 0 aromatic heterocycles. The van der Waals surface area contributed by atoms with Gasteiger partial charge in [0.2, 0.25) is 47.3 Å². The molecule has 0 radical (unpaired) electrons. The Labute approximate surface area is 390 Å². The Morgan fingerprint density at radius 3 is 1.45 bits per heavy atom. The molecule has 1 aromatic carbocycles. The summed E-state index contributed by atoms with van der Waals surface area (Å²) in [6.07, 6.45) is -1.69. The summed E-state index contributed by atoms with van der Waals surface area (Å²) in [4.78, 5) is 115. The number of aromatic hydroxyl groups is 1. The first-order chi connectivity index (χ1) is 31.4. The van der Waals surface area contributed by atoms with Crippen LogP contribution in [0, 0.1) is 11.8 Å². The Hall–Kier alpha value is -6.76. The molecule has 25 nitrogen and oxygen atoms in total. The predicted molar refractivity (Wildman–Crippen MR) is 249 cm³/mol. The molecule has 0 aliphatic heterocycles. The lowest BCUT2D eigenvalue weighted by Crippen LogP contribution is -2.62. The van der Waals surface area contributed by atoms with Crippen LogP contribution < -0.4 is 72.0 Å².